The zero-order chi connectivity index (χ0) is 13.9. The summed E-state index contributed by atoms with van der Waals surface area (Å²) < 4.78 is 5.05. The van der Waals surface area contributed by atoms with Crippen LogP contribution in [0.1, 0.15) is 43.7 Å². The van der Waals surface area contributed by atoms with Crippen molar-refractivity contribution >= 4 is 0 Å². The van der Waals surface area contributed by atoms with Crippen LogP contribution in [-0.2, 0) is 11.2 Å². The summed E-state index contributed by atoms with van der Waals surface area (Å²) in [5.74, 6) is 0. The van der Waals surface area contributed by atoms with Crippen LogP contribution >= 0.6 is 0 Å². The van der Waals surface area contributed by atoms with Gasteiger partial charge in [0.15, 0.2) is 0 Å². The van der Waals surface area contributed by atoms with Gasteiger partial charge in [0.2, 0.25) is 0 Å². The molecule has 1 unspecified atom stereocenters. The lowest BCUT2D eigenvalue weighted by Gasteiger charge is -2.13. The van der Waals surface area contributed by atoms with Crippen molar-refractivity contribution in [3.63, 3.8) is 0 Å². The summed E-state index contributed by atoms with van der Waals surface area (Å²) >= 11 is 0. The van der Waals surface area contributed by atoms with Crippen LogP contribution in [0.2, 0.25) is 0 Å². The number of hydrogen-bond acceptors (Lipinski definition) is 2. The second kappa shape index (κ2) is 9.99. The van der Waals surface area contributed by atoms with Gasteiger partial charge in [-0.3, -0.25) is 0 Å². The zero-order valence-electron chi connectivity index (χ0n) is 12.7. The first-order valence-corrected chi connectivity index (χ1v) is 7.50. The number of ether oxygens (including phenoxy) is 1. The molecular weight excluding hydrogens is 234 g/mol. The molecule has 1 atom stereocenters. The molecule has 0 heterocycles. The van der Waals surface area contributed by atoms with Crippen LogP contribution in [-0.4, -0.2) is 26.3 Å². The molecule has 0 amide bonds. The maximum absolute atomic E-state index is 5.05. The third kappa shape index (κ3) is 8.02. The molecule has 1 N–H and O–H groups in total. The number of rotatable bonds is 10. The van der Waals surface area contributed by atoms with Gasteiger partial charge in [0.1, 0.15) is 0 Å². The van der Waals surface area contributed by atoms with Crippen LogP contribution < -0.4 is 5.32 Å². The van der Waals surface area contributed by atoms with E-state index in [-0.39, 0.29) is 0 Å². The third-order valence-electron chi connectivity index (χ3n) is 3.47. The lowest BCUT2D eigenvalue weighted by molar-refractivity contribution is 0.192. The normalized spacial score (nSPS) is 12.6. The Morgan fingerprint density at radius 3 is 2.79 bits per heavy atom. The van der Waals surface area contributed by atoms with E-state index in [0.29, 0.717) is 6.04 Å². The molecule has 19 heavy (non-hydrogen) atoms. The Hall–Kier alpha value is -0.860. The molecule has 1 aromatic carbocycles. The Labute approximate surface area is 118 Å². The second-order valence-corrected chi connectivity index (χ2v) is 5.44. The molecule has 0 bridgehead atoms. The summed E-state index contributed by atoms with van der Waals surface area (Å²) in [6.07, 6.45) is 6.06. The summed E-state index contributed by atoms with van der Waals surface area (Å²) in [5.41, 5.74) is 2.81. The van der Waals surface area contributed by atoms with Gasteiger partial charge in [-0.05, 0) is 58.1 Å². The van der Waals surface area contributed by atoms with E-state index >= 15 is 0 Å². The lowest BCUT2D eigenvalue weighted by atomic mass is 10.0. The number of nitrogens with one attached hydrogen (secondary N) is 1. The predicted octanol–water partition coefficient (Wildman–Crippen LogP) is 3.72. The number of benzene rings is 1. The lowest BCUT2D eigenvalue weighted by Crippen LogP contribution is -2.27. The van der Waals surface area contributed by atoms with E-state index in [1.165, 1.54) is 43.2 Å². The zero-order valence-corrected chi connectivity index (χ0v) is 12.7. The molecule has 2 nitrogen and oxygen atoms in total. The van der Waals surface area contributed by atoms with Crippen LogP contribution in [0.3, 0.4) is 0 Å². The first-order chi connectivity index (χ1) is 9.22. The number of unbranched alkanes of at least 4 members (excludes halogenated alkanes) is 2. The van der Waals surface area contributed by atoms with Gasteiger partial charge in [-0.15, -0.1) is 0 Å². The average molecular weight is 263 g/mol. The second-order valence-electron chi connectivity index (χ2n) is 5.44. The fourth-order valence-electron chi connectivity index (χ4n) is 2.25. The first-order valence-electron chi connectivity index (χ1n) is 7.50. The Morgan fingerprint density at radius 1 is 1.21 bits per heavy atom. The van der Waals surface area contributed by atoms with Crippen LogP contribution in [0, 0.1) is 6.92 Å². The van der Waals surface area contributed by atoms with Crippen molar-refractivity contribution in [2.75, 3.05) is 20.3 Å². The van der Waals surface area contributed by atoms with Gasteiger partial charge >= 0.3 is 0 Å². The molecule has 0 aromatic heterocycles. The fraction of sp³-hybridized carbons (Fsp3) is 0.647. The van der Waals surface area contributed by atoms with Gasteiger partial charge in [-0.25, -0.2) is 0 Å². The van der Waals surface area contributed by atoms with Gasteiger partial charge < -0.3 is 10.1 Å². The van der Waals surface area contributed by atoms with E-state index in [1.807, 2.05) is 0 Å². The SMILES string of the molecule is COCCCCCNC(C)CCc1cccc(C)c1. The van der Waals surface area contributed by atoms with E-state index in [2.05, 4.69) is 43.4 Å². The van der Waals surface area contributed by atoms with Gasteiger partial charge in [-0.2, -0.15) is 0 Å². The van der Waals surface area contributed by atoms with E-state index in [1.54, 1.807) is 7.11 Å². The molecule has 1 aromatic rings. The Balaban J connectivity index is 2.06. The maximum Gasteiger partial charge on any atom is 0.0462 e. The predicted molar refractivity (Wildman–Crippen MR) is 82.7 cm³/mol. The molecule has 0 fully saturated rings. The Bertz CT molecular complexity index is 338. The fourth-order valence-corrected chi connectivity index (χ4v) is 2.25. The van der Waals surface area contributed by atoms with Gasteiger partial charge in [0, 0.05) is 19.8 Å². The number of methoxy groups -OCH3 is 1. The van der Waals surface area contributed by atoms with Crippen molar-refractivity contribution in [3.8, 4) is 0 Å². The maximum atomic E-state index is 5.05. The summed E-state index contributed by atoms with van der Waals surface area (Å²) in [7, 11) is 1.77. The highest BCUT2D eigenvalue weighted by molar-refractivity contribution is 5.22. The van der Waals surface area contributed by atoms with Gasteiger partial charge in [0.25, 0.3) is 0 Å². The van der Waals surface area contributed by atoms with Crippen LogP contribution in [0.15, 0.2) is 24.3 Å². The van der Waals surface area contributed by atoms with Crippen molar-refractivity contribution in [1.29, 1.82) is 0 Å². The molecule has 0 aliphatic heterocycles. The molecule has 0 aliphatic carbocycles. The van der Waals surface area contributed by atoms with Crippen LogP contribution in [0.5, 0.6) is 0 Å². The van der Waals surface area contributed by atoms with Gasteiger partial charge in [0.05, 0.1) is 0 Å². The summed E-state index contributed by atoms with van der Waals surface area (Å²) in [5, 5.41) is 3.60. The molecule has 0 aliphatic rings. The van der Waals surface area contributed by atoms with Crippen molar-refractivity contribution in [1.82, 2.24) is 5.32 Å². The molecule has 2 heteroatoms. The largest absolute Gasteiger partial charge is 0.385 e. The monoisotopic (exact) mass is 263 g/mol. The minimum Gasteiger partial charge on any atom is -0.385 e. The van der Waals surface area contributed by atoms with Crippen molar-refractivity contribution in [3.05, 3.63) is 35.4 Å². The highest BCUT2D eigenvalue weighted by Crippen LogP contribution is 2.08. The van der Waals surface area contributed by atoms with Crippen molar-refractivity contribution < 1.29 is 4.74 Å². The number of aryl methyl sites for hydroxylation is 2. The standard InChI is InChI=1S/C17H29NO/c1-15-8-7-9-17(14-15)11-10-16(2)18-12-5-4-6-13-19-3/h7-9,14,16,18H,4-6,10-13H2,1-3H3. The average Bonchev–Trinajstić information content (AvgIpc) is 2.40. The van der Waals surface area contributed by atoms with E-state index in [9.17, 15) is 0 Å². The van der Waals surface area contributed by atoms with E-state index in [0.717, 1.165) is 13.2 Å². The van der Waals surface area contributed by atoms with E-state index in [4.69, 9.17) is 4.74 Å². The highest BCUT2D eigenvalue weighted by Gasteiger charge is 2.02. The van der Waals surface area contributed by atoms with Crippen molar-refractivity contribution in [2.45, 2.75) is 52.0 Å². The molecular formula is C17H29NO. The van der Waals surface area contributed by atoms with Crippen molar-refractivity contribution in [2.24, 2.45) is 0 Å². The van der Waals surface area contributed by atoms with Crippen LogP contribution in [0.25, 0.3) is 0 Å². The minimum atomic E-state index is 0.600. The molecule has 0 saturated carbocycles. The smallest absolute Gasteiger partial charge is 0.0462 e. The summed E-state index contributed by atoms with van der Waals surface area (Å²) in [6, 6.07) is 9.43. The third-order valence-corrected chi connectivity index (χ3v) is 3.47. The molecule has 0 saturated heterocycles. The highest BCUT2D eigenvalue weighted by atomic mass is 16.5. The van der Waals surface area contributed by atoms with E-state index < -0.39 is 0 Å². The molecule has 1 rings (SSSR count). The summed E-state index contributed by atoms with van der Waals surface area (Å²) in [4.78, 5) is 0. The van der Waals surface area contributed by atoms with Crippen LogP contribution in [0.4, 0.5) is 0 Å². The number of hydrogen-bond donors (Lipinski definition) is 1. The summed E-state index contributed by atoms with van der Waals surface area (Å²) in [6.45, 7) is 6.46. The Morgan fingerprint density at radius 2 is 2.05 bits per heavy atom. The topological polar surface area (TPSA) is 21.3 Å². The molecule has 108 valence electrons. The first kappa shape index (κ1) is 16.2. The minimum absolute atomic E-state index is 0.600. The van der Waals surface area contributed by atoms with Gasteiger partial charge in [-0.1, -0.05) is 29.8 Å². The Kier molecular flexibility index (Phi) is 8.52. The quantitative estimate of drug-likeness (QED) is 0.650. The molecule has 0 spiro atoms. The molecule has 0 radical (unpaired) electrons.